The van der Waals surface area contributed by atoms with E-state index in [0.29, 0.717) is 10.4 Å². The maximum Gasteiger partial charge on any atom is 0.303 e. The highest BCUT2D eigenvalue weighted by molar-refractivity contribution is 7.93. The molecule has 0 bridgehead atoms. The van der Waals surface area contributed by atoms with Crippen LogP contribution in [0, 0.1) is 5.82 Å². The maximum absolute atomic E-state index is 13.6. The molecule has 0 saturated carbocycles. The van der Waals surface area contributed by atoms with Crippen molar-refractivity contribution < 1.29 is 22.3 Å². The zero-order valence-corrected chi connectivity index (χ0v) is 16.4. The fourth-order valence-corrected chi connectivity index (χ4v) is 4.84. The zero-order chi connectivity index (χ0) is 20.2. The molecule has 0 radical (unpaired) electrons. The van der Waals surface area contributed by atoms with Gasteiger partial charge in [0.05, 0.1) is 4.88 Å². The molecule has 146 valence electrons. The van der Waals surface area contributed by atoms with Crippen LogP contribution in [0.5, 0.6) is 0 Å². The van der Waals surface area contributed by atoms with Crippen molar-refractivity contribution in [2.75, 3.05) is 4.72 Å². The van der Waals surface area contributed by atoms with Gasteiger partial charge in [-0.15, -0.1) is 6.58 Å². The summed E-state index contributed by atoms with van der Waals surface area (Å²) in [6.45, 7) is 6.55. The second kappa shape index (κ2) is 8.59. The number of carbonyl (C=O) groups excluding carboxylic acids is 1. The molecule has 3 N–H and O–H groups in total. The van der Waals surface area contributed by atoms with E-state index in [0.717, 1.165) is 17.4 Å². The first kappa shape index (κ1) is 21.0. The molecule has 10 heteroatoms. The number of rotatable bonds is 8. The average molecular weight is 413 g/mol. The van der Waals surface area contributed by atoms with E-state index in [2.05, 4.69) is 16.3 Å². The zero-order valence-electron chi connectivity index (χ0n) is 14.8. The van der Waals surface area contributed by atoms with Crippen LogP contribution in [0.1, 0.15) is 41.2 Å². The summed E-state index contributed by atoms with van der Waals surface area (Å²) in [7, 11) is -4.01. The van der Waals surface area contributed by atoms with Gasteiger partial charge >= 0.3 is 5.97 Å². The third kappa shape index (κ3) is 5.12. The molecule has 2 rings (SSSR count). The van der Waals surface area contributed by atoms with E-state index < -0.39 is 33.2 Å². The number of nitrogens with two attached hydrogens (primary N) is 1. The third-order valence-electron chi connectivity index (χ3n) is 3.68. The van der Waals surface area contributed by atoms with E-state index in [1.165, 1.54) is 31.3 Å². The summed E-state index contributed by atoms with van der Waals surface area (Å²) in [5.74, 6) is -1.03. The van der Waals surface area contributed by atoms with E-state index in [1.807, 2.05) is 0 Å². The van der Waals surface area contributed by atoms with Gasteiger partial charge in [-0.2, -0.15) is 0 Å². The summed E-state index contributed by atoms with van der Waals surface area (Å²) in [6, 6.07) is 3.79. The SMILES string of the molecule is C=CC(c1cc(F)ccc1CN)S(=O)(=O)Nc1ncc(C(C)OC(C)=O)s1. The van der Waals surface area contributed by atoms with Gasteiger partial charge in [-0.1, -0.05) is 23.5 Å². The molecule has 2 atom stereocenters. The molecule has 0 aliphatic heterocycles. The lowest BCUT2D eigenvalue weighted by molar-refractivity contribution is -0.145. The molecular weight excluding hydrogens is 393 g/mol. The molecule has 27 heavy (non-hydrogen) atoms. The van der Waals surface area contributed by atoms with Gasteiger partial charge in [0.25, 0.3) is 0 Å². The number of aromatic nitrogens is 1. The summed E-state index contributed by atoms with van der Waals surface area (Å²) in [5.41, 5.74) is 6.35. The molecule has 2 unspecified atom stereocenters. The van der Waals surface area contributed by atoms with Crippen LogP contribution in [0.4, 0.5) is 9.52 Å². The Balaban J connectivity index is 2.30. The largest absolute Gasteiger partial charge is 0.457 e. The highest BCUT2D eigenvalue weighted by Gasteiger charge is 2.28. The van der Waals surface area contributed by atoms with E-state index in [-0.39, 0.29) is 17.2 Å². The Morgan fingerprint density at radius 2 is 2.22 bits per heavy atom. The maximum atomic E-state index is 13.6. The Morgan fingerprint density at radius 1 is 1.52 bits per heavy atom. The van der Waals surface area contributed by atoms with E-state index >= 15 is 0 Å². The molecule has 0 aliphatic carbocycles. The molecule has 2 aromatic rings. The number of carbonyl (C=O) groups is 1. The average Bonchev–Trinajstić information content (AvgIpc) is 3.02. The summed E-state index contributed by atoms with van der Waals surface area (Å²) >= 11 is 1.03. The van der Waals surface area contributed by atoms with Crippen molar-refractivity contribution in [1.29, 1.82) is 0 Å². The van der Waals surface area contributed by atoms with Gasteiger partial charge in [-0.3, -0.25) is 9.52 Å². The third-order valence-corrected chi connectivity index (χ3v) is 6.48. The van der Waals surface area contributed by atoms with Crippen LogP contribution in [0.3, 0.4) is 0 Å². The summed E-state index contributed by atoms with van der Waals surface area (Å²) < 4.78 is 46.7. The molecular formula is C17H20FN3O4S2. The van der Waals surface area contributed by atoms with Crippen LogP contribution >= 0.6 is 11.3 Å². The summed E-state index contributed by atoms with van der Waals surface area (Å²) in [6.07, 6.45) is 2.07. The van der Waals surface area contributed by atoms with Gasteiger partial charge < -0.3 is 10.5 Å². The predicted octanol–water partition coefficient (Wildman–Crippen LogP) is 3.03. The number of halogens is 1. The summed E-state index contributed by atoms with van der Waals surface area (Å²) in [5, 5.41) is -1.12. The highest BCUT2D eigenvalue weighted by atomic mass is 32.2. The fourth-order valence-electron chi connectivity index (χ4n) is 2.45. The van der Waals surface area contributed by atoms with Crippen LogP contribution in [-0.4, -0.2) is 19.4 Å². The monoisotopic (exact) mass is 413 g/mol. The smallest absolute Gasteiger partial charge is 0.303 e. The van der Waals surface area contributed by atoms with E-state index in [9.17, 15) is 17.6 Å². The van der Waals surface area contributed by atoms with Crippen molar-refractivity contribution in [2.24, 2.45) is 5.73 Å². The van der Waals surface area contributed by atoms with Crippen molar-refractivity contribution in [3.05, 3.63) is 58.9 Å². The lowest BCUT2D eigenvalue weighted by atomic mass is 10.0. The second-order valence-corrected chi connectivity index (χ2v) is 8.53. The standard InChI is InChI=1S/C17H20FN3O4S2/c1-4-16(14-7-13(18)6-5-12(14)8-19)27(23,24)21-17-20-9-15(26-17)10(2)25-11(3)22/h4-7,9-10,16H,1,8,19H2,2-3H3,(H,20,21). The van der Waals surface area contributed by atoms with Crippen LogP contribution in [0.2, 0.25) is 0 Å². The highest BCUT2D eigenvalue weighted by Crippen LogP contribution is 2.32. The molecule has 0 saturated heterocycles. The first-order chi connectivity index (χ1) is 12.7. The molecule has 0 fully saturated rings. The quantitative estimate of drug-likeness (QED) is 0.508. The lowest BCUT2D eigenvalue weighted by Crippen LogP contribution is -2.21. The van der Waals surface area contributed by atoms with E-state index in [1.54, 1.807) is 6.92 Å². The number of hydrogen-bond acceptors (Lipinski definition) is 7. The Hall–Kier alpha value is -2.30. The Bertz CT molecular complexity index is 943. The Kier molecular flexibility index (Phi) is 6.68. The molecule has 0 spiro atoms. The minimum atomic E-state index is -4.01. The molecule has 1 heterocycles. The number of sulfonamides is 1. The topological polar surface area (TPSA) is 111 Å². The lowest BCUT2D eigenvalue weighted by Gasteiger charge is -2.17. The molecule has 1 aromatic heterocycles. The van der Waals surface area contributed by atoms with Crippen LogP contribution in [0.25, 0.3) is 0 Å². The van der Waals surface area contributed by atoms with Gasteiger partial charge in [0.2, 0.25) is 10.0 Å². The van der Waals surface area contributed by atoms with Crippen LogP contribution in [0.15, 0.2) is 37.1 Å². The van der Waals surface area contributed by atoms with Crippen molar-refractivity contribution in [1.82, 2.24) is 4.98 Å². The van der Waals surface area contributed by atoms with Gasteiger partial charge in [-0.25, -0.2) is 17.8 Å². The van der Waals surface area contributed by atoms with E-state index in [4.69, 9.17) is 10.5 Å². The second-order valence-electron chi connectivity index (χ2n) is 5.67. The first-order valence-electron chi connectivity index (χ1n) is 7.93. The van der Waals surface area contributed by atoms with Gasteiger partial charge in [-0.05, 0) is 30.2 Å². The Labute approximate surface area is 161 Å². The summed E-state index contributed by atoms with van der Waals surface area (Å²) in [4.78, 5) is 15.6. The van der Waals surface area contributed by atoms with Crippen molar-refractivity contribution in [2.45, 2.75) is 31.7 Å². The van der Waals surface area contributed by atoms with Gasteiger partial charge in [0.1, 0.15) is 17.2 Å². The molecule has 0 amide bonds. The molecule has 0 aliphatic rings. The van der Waals surface area contributed by atoms with Crippen molar-refractivity contribution in [3.63, 3.8) is 0 Å². The van der Waals surface area contributed by atoms with Crippen LogP contribution < -0.4 is 10.5 Å². The fraction of sp³-hybridized carbons (Fsp3) is 0.294. The number of esters is 1. The molecule has 1 aromatic carbocycles. The van der Waals surface area contributed by atoms with Gasteiger partial charge in [0.15, 0.2) is 5.13 Å². The number of nitrogens with zero attached hydrogens (tertiary/aromatic N) is 1. The molecule has 7 nitrogen and oxygen atoms in total. The predicted molar refractivity (Wildman–Crippen MR) is 102 cm³/mol. The van der Waals surface area contributed by atoms with Gasteiger partial charge in [0, 0.05) is 19.7 Å². The minimum absolute atomic E-state index is 0.0524. The minimum Gasteiger partial charge on any atom is -0.457 e. The number of anilines is 1. The number of hydrogen-bond donors (Lipinski definition) is 2. The normalized spacial score (nSPS) is 13.6. The van der Waals surface area contributed by atoms with Crippen molar-refractivity contribution in [3.8, 4) is 0 Å². The number of thiazole rings is 1. The number of benzene rings is 1. The van der Waals surface area contributed by atoms with Crippen LogP contribution in [-0.2, 0) is 26.1 Å². The Morgan fingerprint density at radius 3 is 2.81 bits per heavy atom. The number of ether oxygens (including phenoxy) is 1. The van der Waals surface area contributed by atoms with Crippen molar-refractivity contribution >= 4 is 32.5 Å². The number of nitrogens with one attached hydrogen (secondary N) is 1. The first-order valence-corrected chi connectivity index (χ1v) is 10.3.